The zero-order valence-corrected chi connectivity index (χ0v) is 38.2. The van der Waals surface area contributed by atoms with Crippen molar-refractivity contribution in [2.75, 3.05) is 20.8 Å². The van der Waals surface area contributed by atoms with Crippen molar-refractivity contribution in [3.63, 3.8) is 0 Å². The first-order chi connectivity index (χ1) is 30.3. The minimum absolute atomic E-state index is 0.00937. The molecule has 0 aromatic rings. The predicted octanol–water partition coefficient (Wildman–Crippen LogP) is 5.60. The largest absolute Gasteiger partial charge is 0.462 e. The van der Waals surface area contributed by atoms with Gasteiger partial charge in [-0.05, 0) is 69.1 Å². The van der Waals surface area contributed by atoms with Crippen molar-refractivity contribution in [3.05, 3.63) is 47.1 Å². The summed E-state index contributed by atoms with van der Waals surface area (Å²) in [6.45, 7) is 15.5. The average molecular weight is 877 g/mol. The molecule has 5 saturated heterocycles. The van der Waals surface area contributed by atoms with Crippen LogP contribution in [0.1, 0.15) is 109 Å². The molecule has 22 atom stereocenters. The molecule has 1 aliphatic carbocycles. The highest BCUT2D eigenvalue weighted by Gasteiger charge is 2.60. The summed E-state index contributed by atoms with van der Waals surface area (Å²) in [6, 6.07) is 0. The van der Waals surface area contributed by atoms with Crippen LogP contribution < -0.4 is 0 Å². The average Bonchev–Trinajstić information content (AvgIpc) is 3.61. The molecule has 3 N–H and O–H groups in total. The van der Waals surface area contributed by atoms with Crippen LogP contribution in [0.25, 0.3) is 0 Å². The van der Waals surface area contributed by atoms with Gasteiger partial charge in [-0.1, -0.05) is 64.5 Å². The zero-order valence-electron chi connectivity index (χ0n) is 40.2. The van der Waals surface area contributed by atoms with Gasteiger partial charge in [0.15, 0.2) is 18.4 Å². The first kappa shape index (κ1) is 45.1. The minimum Gasteiger partial charge on any atom is -0.462 e. The van der Waals surface area contributed by atoms with E-state index in [0.717, 1.165) is 12.0 Å². The fraction of sp³-hybridized carbons (Fsp3) is 0.812. The summed E-state index contributed by atoms with van der Waals surface area (Å²) >= 11 is 0. The maximum Gasteiger partial charge on any atom is 0.316 e. The highest BCUT2D eigenvalue weighted by molar-refractivity contribution is 5.78. The molecule has 6 aliphatic heterocycles. The summed E-state index contributed by atoms with van der Waals surface area (Å²) in [5, 5.41) is 34.3. The number of rotatable bonds is 8. The molecule has 6 heterocycles. The number of hydrogen-bond acceptors (Lipinski definition) is 14. The van der Waals surface area contributed by atoms with Crippen LogP contribution in [0.2, 0.25) is 0 Å². The molecule has 350 valence electrons. The smallest absolute Gasteiger partial charge is 0.316 e. The number of carbonyl (C=O) groups is 1. The van der Waals surface area contributed by atoms with Gasteiger partial charge in [0.05, 0.1) is 49.3 Å². The Morgan fingerprint density at radius 2 is 1.66 bits per heavy atom. The van der Waals surface area contributed by atoms with E-state index < -0.39 is 116 Å². The number of ether oxygens (including phenoxy) is 10. The number of aliphatic hydroxyl groups excluding tert-OH is 2. The summed E-state index contributed by atoms with van der Waals surface area (Å²) in [6.07, 6.45) is 0.638. The topological polar surface area (TPSA) is 170 Å². The molecule has 7 aliphatic rings. The number of methoxy groups -OCH3 is 2. The second-order valence-corrected chi connectivity index (χ2v) is 19.0. The Balaban J connectivity index is 1.20. The van der Waals surface area contributed by atoms with Crippen LogP contribution in [0.15, 0.2) is 47.1 Å². The Hall–Kier alpha value is -2.05. The second-order valence-electron chi connectivity index (χ2n) is 19.0. The van der Waals surface area contributed by atoms with E-state index in [4.69, 9.17) is 47.4 Å². The second kappa shape index (κ2) is 19.8. The zero-order chi connectivity index (χ0) is 46.4. The van der Waals surface area contributed by atoms with Crippen LogP contribution in [0.5, 0.6) is 0 Å². The molecular formula is C48H74O14. The van der Waals surface area contributed by atoms with Crippen molar-refractivity contribution in [1.82, 2.24) is 0 Å². The van der Waals surface area contributed by atoms with E-state index in [0.29, 0.717) is 30.4 Å². The SMILES string of the molecule is [2H]C1C([2H])[C@]2(C[C@@H]3C[C@@H](CC=C(C)[C@@H](O[C@H]4C[C@H](OC)[C@@H](O[C@H]5C[C@H](OC)[C@@H](O)[C@H](C)O5)[C@H](C)O4)[C@@H](C)C=CC=C4CO[C@@H]5[C@H](O)C(C)=C[C@@H](C(=O)O3)[C@]45O)O2)O[C@H]([C@@H](C)CC)[C@H]1C. The molecule has 62 heavy (non-hydrogen) atoms. The molecule has 14 heteroatoms. The third kappa shape index (κ3) is 9.73. The third-order valence-corrected chi connectivity index (χ3v) is 14.5. The number of esters is 1. The maximum atomic E-state index is 14.4. The number of carbonyl (C=O) groups excluding carboxylic acids is 1. The summed E-state index contributed by atoms with van der Waals surface area (Å²) in [5.74, 6) is -3.77. The molecule has 14 nitrogen and oxygen atoms in total. The summed E-state index contributed by atoms with van der Waals surface area (Å²) in [5.41, 5.74) is -0.0927. The van der Waals surface area contributed by atoms with Crippen LogP contribution in [0.3, 0.4) is 0 Å². The minimum atomic E-state index is -1.90. The lowest BCUT2D eigenvalue weighted by Gasteiger charge is -2.51. The normalized spacial score (nSPS) is 50.0. The van der Waals surface area contributed by atoms with Crippen molar-refractivity contribution >= 4 is 5.97 Å². The van der Waals surface area contributed by atoms with Crippen molar-refractivity contribution < 1.29 is 70.2 Å². The van der Waals surface area contributed by atoms with Gasteiger partial charge in [0.25, 0.3) is 0 Å². The summed E-state index contributed by atoms with van der Waals surface area (Å²) < 4.78 is 82.1. The van der Waals surface area contributed by atoms with Crippen LogP contribution in [-0.4, -0.2) is 139 Å². The molecule has 1 spiro atoms. The van der Waals surface area contributed by atoms with Crippen molar-refractivity contribution in [1.29, 1.82) is 0 Å². The van der Waals surface area contributed by atoms with E-state index in [9.17, 15) is 22.9 Å². The molecular weight excluding hydrogens is 801 g/mol. The molecule has 0 saturated carbocycles. The first-order valence-corrected chi connectivity index (χ1v) is 22.9. The Morgan fingerprint density at radius 3 is 2.39 bits per heavy atom. The van der Waals surface area contributed by atoms with Gasteiger partial charge < -0.3 is 62.7 Å². The number of fused-ring (bicyclic) bond motifs is 2. The van der Waals surface area contributed by atoms with E-state index >= 15 is 0 Å². The quantitative estimate of drug-likeness (QED) is 0.204. The standard InChI is InChI=1S/C48H74O14/c1-11-25(2)43-28(5)17-18-47(62-43)23-34-20-33(61-47)16-15-27(4)42(26(3)13-12-14-32-24-55-45-40(49)29(6)19-35(46(51)58-34)48(32,45)52)59-39-22-37(54-10)44(31(8)57-39)60-38-21-36(53-9)41(50)30(7)56-38/h12-15,19,25-26,28,30-31,33-45,49-50,52H,11,16-18,20-24H2,1-10H3/t25-,26-,28-,30-,31-,33+,34-,35-,36-,37-,38-,39-,40+,41-,42-,43+,44-,45+,47+,48+/m0/s1/i17D,18D/t17?,18?,25-,26-,28-,30-,31-,33+,34-,35-,36-,37-,38-,39-,40+,41-,42-,43+,44-,45+,47+,48+. The summed E-state index contributed by atoms with van der Waals surface area (Å²) in [7, 11) is 3.19. The van der Waals surface area contributed by atoms with E-state index in [1.54, 1.807) is 40.2 Å². The van der Waals surface area contributed by atoms with Gasteiger partial charge in [-0.25, -0.2) is 0 Å². The third-order valence-electron chi connectivity index (χ3n) is 14.5. The molecule has 0 aromatic carbocycles. The van der Waals surface area contributed by atoms with Crippen LogP contribution in [-0.2, 0) is 52.2 Å². The Bertz CT molecular complexity index is 1760. The molecule has 2 unspecified atom stereocenters. The lowest BCUT2D eigenvalue weighted by atomic mass is 9.71. The molecule has 5 fully saturated rings. The van der Waals surface area contributed by atoms with Gasteiger partial charge in [0, 0.05) is 55.0 Å². The highest BCUT2D eigenvalue weighted by Crippen LogP contribution is 2.48. The Labute approximate surface area is 371 Å². The summed E-state index contributed by atoms with van der Waals surface area (Å²) in [4.78, 5) is 14.4. The highest BCUT2D eigenvalue weighted by atomic mass is 16.7. The lowest BCUT2D eigenvalue weighted by molar-refractivity contribution is -0.340. The van der Waals surface area contributed by atoms with Gasteiger partial charge in [-0.3, -0.25) is 4.79 Å². The molecule has 0 amide bonds. The van der Waals surface area contributed by atoms with Crippen molar-refractivity contribution in [3.8, 4) is 0 Å². The monoisotopic (exact) mass is 877 g/mol. The van der Waals surface area contributed by atoms with Crippen LogP contribution >= 0.6 is 0 Å². The number of aliphatic hydroxyl groups is 3. The van der Waals surface area contributed by atoms with Gasteiger partial charge in [0.1, 0.15) is 42.0 Å². The van der Waals surface area contributed by atoms with E-state index in [2.05, 4.69) is 19.9 Å². The van der Waals surface area contributed by atoms with Crippen LogP contribution in [0.4, 0.5) is 0 Å². The van der Waals surface area contributed by atoms with E-state index in [-0.39, 0.29) is 43.3 Å². The van der Waals surface area contributed by atoms with Crippen molar-refractivity contribution in [2.45, 2.75) is 204 Å². The fourth-order valence-electron chi connectivity index (χ4n) is 10.6. The molecule has 2 bridgehead atoms. The maximum absolute atomic E-state index is 14.4. The Morgan fingerprint density at radius 1 is 0.952 bits per heavy atom. The fourth-order valence-corrected chi connectivity index (χ4v) is 10.6. The van der Waals surface area contributed by atoms with E-state index in [1.807, 2.05) is 39.8 Å². The number of hydrogen-bond donors (Lipinski definition) is 3. The van der Waals surface area contributed by atoms with Gasteiger partial charge in [-0.15, -0.1) is 0 Å². The predicted molar refractivity (Wildman–Crippen MR) is 227 cm³/mol. The Kier molecular flexibility index (Phi) is 14.4. The van der Waals surface area contributed by atoms with E-state index in [1.165, 1.54) is 0 Å². The van der Waals surface area contributed by atoms with Gasteiger partial charge in [-0.2, -0.15) is 0 Å². The van der Waals surface area contributed by atoms with Crippen molar-refractivity contribution in [2.24, 2.45) is 23.7 Å². The molecule has 0 radical (unpaired) electrons. The molecule has 0 aromatic heterocycles. The molecule has 7 rings (SSSR count). The van der Waals surface area contributed by atoms with Crippen LogP contribution in [0, 0.1) is 23.7 Å². The lowest BCUT2D eigenvalue weighted by Crippen LogP contribution is -2.58. The van der Waals surface area contributed by atoms with Gasteiger partial charge >= 0.3 is 5.97 Å². The number of allylic oxidation sites excluding steroid dienone is 2. The first-order valence-electron chi connectivity index (χ1n) is 24.0. The van der Waals surface area contributed by atoms with Gasteiger partial charge in [0.2, 0.25) is 0 Å².